The normalized spacial score (nSPS) is 21.0. The number of ether oxygens (including phenoxy) is 3. The van der Waals surface area contributed by atoms with E-state index in [1.54, 1.807) is 4.90 Å². The number of aromatic amines is 1. The molecule has 60 heavy (non-hydrogen) atoms. The number of hydrogen-bond donors (Lipinski definition) is 4. The van der Waals surface area contributed by atoms with Crippen LogP contribution in [0.1, 0.15) is 88.6 Å². The standard InChI is InChI=1S/C45H59N7O8/c1-3-6-38(53)49-39(33-17-23-59-24-18-33)43(55)51-21-4-7-36(51)41-46-28-35(48-41)32-15-13-31(14-16-32)30-11-9-29(10-12-30)27-47-42(54)37-8-5-22-52(37)44(56)40(50-45(57)58-2)34-19-25-60-26-20-34/h9-16,28,33-34,36-37,39-40H,3-8,17-27H2,1-2H3,(H,46,48)(H,47,54)(H,49,53)(H,50,57). The van der Waals surface area contributed by atoms with Crippen molar-refractivity contribution in [2.45, 2.75) is 102 Å². The van der Waals surface area contributed by atoms with Gasteiger partial charge in [-0.1, -0.05) is 55.5 Å². The first-order chi connectivity index (χ1) is 29.2. The Labute approximate surface area is 351 Å². The zero-order valence-electron chi connectivity index (χ0n) is 34.8. The Hall–Kier alpha value is -5.28. The highest BCUT2D eigenvalue weighted by Crippen LogP contribution is 2.34. The molecule has 5 amide bonds. The maximum absolute atomic E-state index is 14.1. The molecule has 322 valence electrons. The Morgan fingerprint density at radius 3 is 1.97 bits per heavy atom. The molecule has 0 spiro atoms. The van der Waals surface area contributed by atoms with Crippen LogP contribution in [-0.2, 0) is 39.9 Å². The molecule has 0 saturated carbocycles. The van der Waals surface area contributed by atoms with Gasteiger partial charge >= 0.3 is 6.09 Å². The summed E-state index contributed by atoms with van der Waals surface area (Å²) in [5, 5.41) is 8.83. The SMILES string of the molecule is CCCC(=O)NC(C(=O)N1CCCC1c1ncc(-c2ccc(-c3ccc(CNC(=O)C4CCCN4C(=O)C(NC(=O)OC)C4CCOCC4)cc3)cc2)[nH]1)C1CCOCC1. The second kappa shape index (κ2) is 20.3. The third-order valence-electron chi connectivity index (χ3n) is 12.5. The minimum absolute atomic E-state index is 0.0392. The van der Waals surface area contributed by atoms with Gasteiger partial charge in [0.15, 0.2) is 0 Å². The smallest absolute Gasteiger partial charge is 0.407 e. The Balaban J connectivity index is 0.943. The fourth-order valence-electron chi connectivity index (χ4n) is 9.11. The number of amides is 5. The van der Waals surface area contributed by atoms with Crippen LogP contribution in [0.25, 0.3) is 22.4 Å². The van der Waals surface area contributed by atoms with Crippen LogP contribution in [0.5, 0.6) is 0 Å². The van der Waals surface area contributed by atoms with Crippen LogP contribution in [-0.4, -0.2) is 114 Å². The Morgan fingerprint density at radius 1 is 0.767 bits per heavy atom. The van der Waals surface area contributed by atoms with E-state index in [1.165, 1.54) is 7.11 Å². The van der Waals surface area contributed by atoms with Crippen molar-refractivity contribution in [2.75, 3.05) is 46.6 Å². The highest BCUT2D eigenvalue weighted by Gasteiger charge is 2.42. The highest BCUT2D eigenvalue weighted by atomic mass is 16.5. The summed E-state index contributed by atoms with van der Waals surface area (Å²) in [4.78, 5) is 77.8. The van der Waals surface area contributed by atoms with Crippen molar-refractivity contribution in [3.63, 3.8) is 0 Å². The molecule has 4 aliphatic rings. The van der Waals surface area contributed by atoms with E-state index >= 15 is 0 Å². The highest BCUT2D eigenvalue weighted by molar-refractivity contribution is 5.92. The number of nitrogens with one attached hydrogen (secondary N) is 4. The summed E-state index contributed by atoms with van der Waals surface area (Å²) in [6, 6.07) is 14.1. The summed E-state index contributed by atoms with van der Waals surface area (Å²) in [6.45, 7) is 5.58. The van der Waals surface area contributed by atoms with Crippen LogP contribution in [0, 0.1) is 11.8 Å². The number of aromatic nitrogens is 2. The number of nitrogens with zero attached hydrogens (tertiary/aromatic N) is 3. The summed E-state index contributed by atoms with van der Waals surface area (Å²) in [5.74, 6) is 0.0977. The number of hydrogen-bond acceptors (Lipinski definition) is 9. The van der Waals surface area contributed by atoms with E-state index < -0.39 is 24.2 Å². The quantitative estimate of drug-likeness (QED) is 0.176. The number of carbonyl (C=O) groups is 5. The molecule has 15 nitrogen and oxygen atoms in total. The fourth-order valence-corrected chi connectivity index (χ4v) is 9.11. The average molecular weight is 826 g/mol. The van der Waals surface area contributed by atoms with Crippen LogP contribution in [0.2, 0.25) is 0 Å². The lowest BCUT2D eigenvalue weighted by atomic mass is 9.90. The lowest BCUT2D eigenvalue weighted by molar-refractivity contribution is -0.141. The summed E-state index contributed by atoms with van der Waals surface area (Å²) in [6.07, 6.45) is 7.96. The van der Waals surface area contributed by atoms with Crippen molar-refractivity contribution in [3.05, 3.63) is 66.1 Å². The molecular weight excluding hydrogens is 767 g/mol. The number of methoxy groups -OCH3 is 1. The van der Waals surface area contributed by atoms with E-state index in [4.69, 9.17) is 19.2 Å². The van der Waals surface area contributed by atoms with Gasteiger partial charge in [0.05, 0.1) is 25.0 Å². The van der Waals surface area contributed by atoms with Crippen LogP contribution < -0.4 is 16.0 Å². The van der Waals surface area contributed by atoms with Crippen LogP contribution in [0.15, 0.2) is 54.7 Å². The van der Waals surface area contributed by atoms with Crippen molar-refractivity contribution in [1.29, 1.82) is 0 Å². The van der Waals surface area contributed by atoms with E-state index in [-0.39, 0.29) is 41.5 Å². The molecule has 3 aromatic rings. The van der Waals surface area contributed by atoms with E-state index in [1.807, 2.05) is 54.4 Å². The van der Waals surface area contributed by atoms with Gasteiger partial charge in [-0.05, 0) is 91.9 Å². The second-order valence-corrected chi connectivity index (χ2v) is 16.4. The molecule has 4 unspecified atom stereocenters. The predicted molar refractivity (Wildman–Crippen MR) is 223 cm³/mol. The van der Waals surface area contributed by atoms with Crippen molar-refractivity contribution in [3.8, 4) is 22.4 Å². The van der Waals surface area contributed by atoms with Gasteiger partial charge in [0.25, 0.3) is 0 Å². The zero-order chi connectivity index (χ0) is 42.0. The first kappa shape index (κ1) is 42.8. The fraction of sp³-hybridized carbons (Fsp3) is 0.556. The molecule has 7 rings (SSSR count). The lowest BCUT2D eigenvalue weighted by Gasteiger charge is -2.34. The molecule has 0 radical (unpaired) electrons. The van der Waals surface area contributed by atoms with E-state index in [0.717, 1.165) is 65.9 Å². The third-order valence-corrected chi connectivity index (χ3v) is 12.5. The number of likely N-dealkylation sites (tertiary alicyclic amines) is 2. The maximum atomic E-state index is 14.1. The monoisotopic (exact) mass is 825 g/mol. The van der Waals surface area contributed by atoms with E-state index in [2.05, 4.69) is 33.1 Å². The van der Waals surface area contributed by atoms with Crippen molar-refractivity contribution in [2.24, 2.45) is 11.8 Å². The molecule has 5 heterocycles. The molecule has 1 aromatic heterocycles. The molecule has 2 aromatic carbocycles. The number of alkyl carbamates (subject to hydrolysis) is 1. The molecule has 4 saturated heterocycles. The summed E-state index contributed by atoms with van der Waals surface area (Å²) < 4.78 is 15.8. The number of rotatable bonds is 14. The van der Waals surface area contributed by atoms with E-state index in [0.29, 0.717) is 78.2 Å². The largest absolute Gasteiger partial charge is 0.453 e. The Bertz CT molecular complexity index is 1940. The van der Waals surface area contributed by atoms with E-state index in [9.17, 15) is 24.0 Å². The molecule has 4 aliphatic heterocycles. The van der Waals surface area contributed by atoms with Crippen molar-refractivity contribution in [1.82, 2.24) is 35.7 Å². The number of H-pyrrole nitrogens is 1. The van der Waals surface area contributed by atoms with Gasteiger partial charge in [-0.3, -0.25) is 19.2 Å². The molecule has 4 N–H and O–H groups in total. The molecule has 0 aliphatic carbocycles. The average Bonchev–Trinajstić information content (AvgIpc) is 4.09. The molecule has 0 bridgehead atoms. The minimum Gasteiger partial charge on any atom is -0.453 e. The van der Waals surface area contributed by atoms with Crippen molar-refractivity contribution >= 4 is 29.7 Å². The minimum atomic E-state index is -0.776. The van der Waals surface area contributed by atoms with Gasteiger partial charge in [-0.2, -0.15) is 0 Å². The molecular formula is C45H59N7O8. The lowest BCUT2D eigenvalue weighted by Crippen LogP contribution is -2.56. The van der Waals surface area contributed by atoms with Crippen molar-refractivity contribution < 1.29 is 38.2 Å². The van der Waals surface area contributed by atoms with Gasteiger partial charge < -0.3 is 44.9 Å². The van der Waals surface area contributed by atoms with Crippen LogP contribution in [0.3, 0.4) is 0 Å². The zero-order valence-corrected chi connectivity index (χ0v) is 34.8. The van der Waals surface area contributed by atoms with Gasteiger partial charge in [0, 0.05) is 52.5 Å². The van der Waals surface area contributed by atoms with Gasteiger partial charge in [-0.15, -0.1) is 0 Å². The first-order valence-corrected chi connectivity index (χ1v) is 21.7. The molecule has 15 heteroatoms. The number of imidazole rings is 1. The molecule has 4 fully saturated rings. The topological polar surface area (TPSA) is 184 Å². The Kier molecular flexibility index (Phi) is 14.5. The second-order valence-electron chi connectivity index (χ2n) is 16.4. The maximum Gasteiger partial charge on any atom is 0.407 e. The summed E-state index contributed by atoms with van der Waals surface area (Å²) >= 11 is 0. The van der Waals surface area contributed by atoms with Gasteiger partial charge in [0.2, 0.25) is 23.6 Å². The van der Waals surface area contributed by atoms with Gasteiger partial charge in [0.1, 0.15) is 23.9 Å². The number of benzene rings is 2. The van der Waals surface area contributed by atoms with Gasteiger partial charge in [-0.25, -0.2) is 9.78 Å². The summed E-state index contributed by atoms with van der Waals surface area (Å²) in [5.41, 5.74) is 4.82. The van der Waals surface area contributed by atoms with Crippen LogP contribution in [0.4, 0.5) is 4.79 Å². The predicted octanol–water partition coefficient (Wildman–Crippen LogP) is 4.88. The Morgan fingerprint density at radius 2 is 1.33 bits per heavy atom. The first-order valence-electron chi connectivity index (χ1n) is 21.7. The third kappa shape index (κ3) is 10.2. The van der Waals surface area contributed by atoms with Crippen LogP contribution >= 0.6 is 0 Å². The summed E-state index contributed by atoms with van der Waals surface area (Å²) in [7, 11) is 1.27. The molecule has 4 atom stereocenters. The number of carbonyl (C=O) groups excluding carboxylic acids is 5.